The number of anilines is 1. The number of nitrogens with zero attached hydrogens (tertiary/aromatic N) is 3. The average Bonchev–Trinajstić information content (AvgIpc) is 2.86. The maximum Gasteiger partial charge on any atom is 0.306 e. The molecule has 0 saturated carbocycles. The van der Waals surface area contributed by atoms with Crippen molar-refractivity contribution in [3.8, 4) is 22.5 Å². The second kappa shape index (κ2) is 11.1. The van der Waals surface area contributed by atoms with Gasteiger partial charge < -0.3 is 10.0 Å². The van der Waals surface area contributed by atoms with Crippen LogP contribution in [0.4, 0.5) is 5.82 Å². The number of rotatable bonds is 10. The molecule has 3 aromatic rings. The minimum absolute atomic E-state index is 0.212. The largest absolute Gasteiger partial charge is 0.481 e. The third kappa shape index (κ3) is 5.59. The van der Waals surface area contributed by atoms with Crippen LogP contribution >= 0.6 is 0 Å². The fraction of sp³-hybridized carbons (Fsp3) is 0.393. The van der Waals surface area contributed by atoms with Gasteiger partial charge in [0.1, 0.15) is 0 Å². The Labute approximate surface area is 196 Å². The summed E-state index contributed by atoms with van der Waals surface area (Å²) < 4.78 is 0. The van der Waals surface area contributed by atoms with Crippen LogP contribution in [0.2, 0.25) is 0 Å². The van der Waals surface area contributed by atoms with Gasteiger partial charge in [0.05, 0.1) is 23.0 Å². The molecule has 0 saturated heterocycles. The lowest BCUT2D eigenvalue weighted by atomic mass is 9.98. The highest BCUT2D eigenvalue weighted by Crippen LogP contribution is 2.34. The van der Waals surface area contributed by atoms with Gasteiger partial charge in [-0.05, 0) is 32.1 Å². The number of aliphatic carboxylic acids is 1. The Kier molecular flexibility index (Phi) is 7.71. The molecule has 0 fully saturated rings. The fourth-order valence-corrected chi connectivity index (χ4v) is 4.61. The van der Waals surface area contributed by atoms with Crippen LogP contribution in [0.3, 0.4) is 0 Å². The van der Waals surface area contributed by atoms with E-state index in [4.69, 9.17) is 9.97 Å². The van der Waals surface area contributed by atoms with Crippen LogP contribution in [0, 0.1) is 5.92 Å². The fourth-order valence-electron chi connectivity index (χ4n) is 4.61. The highest BCUT2D eigenvalue weighted by Gasteiger charge is 2.23. The highest BCUT2D eigenvalue weighted by atomic mass is 16.4. The van der Waals surface area contributed by atoms with Gasteiger partial charge in [0, 0.05) is 24.2 Å². The van der Waals surface area contributed by atoms with Crippen molar-refractivity contribution >= 4 is 11.8 Å². The molecule has 1 atom stereocenters. The number of carbonyl (C=O) groups is 1. The van der Waals surface area contributed by atoms with E-state index in [0.29, 0.717) is 6.42 Å². The summed E-state index contributed by atoms with van der Waals surface area (Å²) in [5, 5.41) is 9.24. The molecule has 5 nitrogen and oxygen atoms in total. The molecule has 0 bridgehead atoms. The van der Waals surface area contributed by atoms with Gasteiger partial charge in [0.2, 0.25) is 0 Å². The summed E-state index contributed by atoms with van der Waals surface area (Å²) >= 11 is 0. The zero-order valence-corrected chi connectivity index (χ0v) is 19.4. The van der Waals surface area contributed by atoms with E-state index >= 15 is 0 Å². The maximum absolute atomic E-state index is 11.2. The van der Waals surface area contributed by atoms with E-state index in [1.54, 1.807) is 0 Å². The standard InChI is InChI=1S/C28H33N3O2/c1-2-21(28(32)33)13-10-5-11-19-31-20-12-18-24-27(31)30-26(23-16-8-4-9-17-23)25(29-24)22-14-6-3-7-15-22/h3-4,6-9,14-17,21H,2,5,10-13,18-20H2,1H3,(H,32,33). The van der Waals surface area contributed by atoms with Crippen LogP contribution in [0.15, 0.2) is 60.7 Å². The monoisotopic (exact) mass is 443 g/mol. The van der Waals surface area contributed by atoms with Crippen molar-refractivity contribution in [3.05, 3.63) is 66.4 Å². The molecule has 4 rings (SSSR count). The molecular formula is C28H33N3O2. The smallest absolute Gasteiger partial charge is 0.306 e. The van der Waals surface area contributed by atoms with Crippen molar-refractivity contribution in [3.63, 3.8) is 0 Å². The molecule has 33 heavy (non-hydrogen) atoms. The summed E-state index contributed by atoms with van der Waals surface area (Å²) in [6.45, 7) is 3.88. The summed E-state index contributed by atoms with van der Waals surface area (Å²) in [5.74, 6) is 0.133. The number of aromatic nitrogens is 2. The van der Waals surface area contributed by atoms with E-state index in [2.05, 4.69) is 29.2 Å². The van der Waals surface area contributed by atoms with Crippen LogP contribution < -0.4 is 4.90 Å². The third-order valence-corrected chi connectivity index (χ3v) is 6.51. The summed E-state index contributed by atoms with van der Waals surface area (Å²) in [5.41, 5.74) is 5.13. The lowest BCUT2D eigenvalue weighted by molar-refractivity contribution is -0.142. The molecule has 1 aromatic heterocycles. The molecular weight excluding hydrogens is 410 g/mol. The second-order valence-electron chi connectivity index (χ2n) is 8.81. The highest BCUT2D eigenvalue weighted by molar-refractivity contribution is 5.79. The number of hydrogen-bond donors (Lipinski definition) is 1. The number of unbranched alkanes of at least 4 members (excludes halogenated alkanes) is 2. The van der Waals surface area contributed by atoms with Gasteiger partial charge in [-0.25, -0.2) is 9.97 Å². The van der Waals surface area contributed by atoms with Crippen molar-refractivity contribution in [2.45, 2.75) is 51.9 Å². The Bertz CT molecular complexity index is 1050. The Morgan fingerprint density at radius 3 is 2.18 bits per heavy atom. The summed E-state index contributed by atoms with van der Waals surface area (Å²) in [4.78, 5) is 23.9. The van der Waals surface area contributed by atoms with E-state index in [1.807, 2.05) is 43.3 Å². The number of hydrogen-bond acceptors (Lipinski definition) is 4. The summed E-state index contributed by atoms with van der Waals surface area (Å²) in [6, 6.07) is 20.6. The number of aryl methyl sites for hydroxylation is 1. The van der Waals surface area contributed by atoms with Gasteiger partial charge in [-0.3, -0.25) is 4.79 Å². The van der Waals surface area contributed by atoms with Crippen LogP contribution in [-0.2, 0) is 11.2 Å². The van der Waals surface area contributed by atoms with Crippen molar-refractivity contribution in [1.82, 2.24) is 9.97 Å². The zero-order chi connectivity index (χ0) is 23.0. The van der Waals surface area contributed by atoms with E-state index in [9.17, 15) is 9.90 Å². The predicted octanol–water partition coefficient (Wildman–Crippen LogP) is 6.23. The molecule has 172 valence electrons. The van der Waals surface area contributed by atoms with Gasteiger partial charge in [-0.15, -0.1) is 0 Å². The van der Waals surface area contributed by atoms with Gasteiger partial charge in [-0.2, -0.15) is 0 Å². The van der Waals surface area contributed by atoms with Crippen LogP contribution in [0.1, 0.15) is 51.1 Å². The van der Waals surface area contributed by atoms with Crippen molar-refractivity contribution in [2.24, 2.45) is 5.92 Å². The molecule has 1 aliphatic rings. The first kappa shape index (κ1) is 23.0. The summed E-state index contributed by atoms with van der Waals surface area (Å²) in [6.07, 6.45) is 6.54. The Morgan fingerprint density at radius 2 is 1.58 bits per heavy atom. The molecule has 5 heteroatoms. The number of carboxylic acids is 1. The van der Waals surface area contributed by atoms with Crippen molar-refractivity contribution < 1.29 is 9.90 Å². The minimum Gasteiger partial charge on any atom is -0.481 e. The normalized spacial score (nSPS) is 14.0. The first-order valence-electron chi connectivity index (χ1n) is 12.2. The third-order valence-electron chi connectivity index (χ3n) is 6.51. The van der Waals surface area contributed by atoms with Crippen molar-refractivity contribution in [1.29, 1.82) is 0 Å². The molecule has 2 heterocycles. The lowest BCUT2D eigenvalue weighted by Gasteiger charge is -2.30. The first-order valence-corrected chi connectivity index (χ1v) is 12.2. The molecule has 0 spiro atoms. The number of benzene rings is 2. The van der Waals surface area contributed by atoms with Crippen molar-refractivity contribution in [2.75, 3.05) is 18.0 Å². The first-order chi connectivity index (χ1) is 16.2. The zero-order valence-electron chi connectivity index (χ0n) is 19.4. The molecule has 1 aliphatic heterocycles. The van der Waals surface area contributed by atoms with Gasteiger partial charge >= 0.3 is 5.97 Å². The Balaban J connectivity index is 1.54. The molecule has 1 N–H and O–H groups in total. The molecule has 1 unspecified atom stereocenters. The summed E-state index contributed by atoms with van der Waals surface area (Å²) in [7, 11) is 0. The van der Waals surface area contributed by atoms with Crippen LogP contribution in [0.5, 0.6) is 0 Å². The van der Waals surface area contributed by atoms with E-state index in [-0.39, 0.29) is 5.92 Å². The van der Waals surface area contributed by atoms with E-state index in [1.165, 1.54) is 0 Å². The minimum atomic E-state index is -0.666. The number of fused-ring (bicyclic) bond motifs is 1. The molecule has 0 amide bonds. The molecule has 0 radical (unpaired) electrons. The SMILES string of the molecule is CCC(CCCCCN1CCCc2nc(-c3ccccc3)c(-c3ccccc3)nc21)C(=O)O. The lowest BCUT2D eigenvalue weighted by Crippen LogP contribution is -2.32. The molecule has 0 aliphatic carbocycles. The Hall–Kier alpha value is -3.21. The van der Waals surface area contributed by atoms with Gasteiger partial charge in [0.15, 0.2) is 5.82 Å². The number of carboxylic acid groups (broad SMARTS) is 1. The predicted molar refractivity (Wildman–Crippen MR) is 133 cm³/mol. The van der Waals surface area contributed by atoms with Crippen LogP contribution in [0.25, 0.3) is 22.5 Å². The molecule has 2 aromatic carbocycles. The van der Waals surface area contributed by atoms with Gasteiger partial charge in [-0.1, -0.05) is 80.4 Å². The van der Waals surface area contributed by atoms with E-state index in [0.717, 1.165) is 85.6 Å². The topological polar surface area (TPSA) is 66.3 Å². The Morgan fingerprint density at radius 1 is 0.939 bits per heavy atom. The maximum atomic E-state index is 11.2. The van der Waals surface area contributed by atoms with E-state index < -0.39 is 5.97 Å². The van der Waals surface area contributed by atoms with Crippen LogP contribution in [-0.4, -0.2) is 34.1 Å². The quantitative estimate of drug-likeness (QED) is 0.376. The second-order valence-corrected chi connectivity index (χ2v) is 8.81. The van der Waals surface area contributed by atoms with Gasteiger partial charge in [0.25, 0.3) is 0 Å². The average molecular weight is 444 g/mol.